The Kier molecular flexibility index (Phi) is 3.56. The van der Waals surface area contributed by atoms with E-state index in [1.807, 2.05) is 12.3 Å². The number of hydrogen-bond donors (Lipinski definition) is 2. The number of nitrogens with one attached hydrogen (secondary N) is 1. The van der Waals surface area contributed by atoms with Gasteiger partial charge in [-0.1, -0.05) is 12.8 Å². The van der Waals surface area contributed by atoms with Crippen molar-refractivity contribution in [2.45, 2.75) is 44.2 Å². The minimum absolute atomic E-state index is 0.226. The van der Waals surface area contributed by atoms with Crippen LogP contribution in [-0.4, -0.2) is 22.2 Å². The van der Waals surface area contributed by atoms with E-state index in [0.717, 1.165) is 31.2 Å². The van der Waals surface area contributed by atoms with Gasteiger partial charge < -0.3 is 10.4 Å². The second-order valence-corrected chi connectivity index (χ2v) is 6.55. The third-order valence-electron chi connectivity index (χ3n) is 4.10. The highest BCUT2D eigenvalue weighted by Gasteiger charge is 2.31. The van der Waals surface area contributed by atoms with Gasteiger partial charge in [-0.2, -0.15) is 0 Å². The Labute approximate surface area is 117 Å². The summed E-state index contributed by atoms with van der Waals surface area (Å²) in [4.78, 5) is 4.47. The van der Waals surface area contributed by atoms with E-state index in [0.29, 0.717) is 6.54 Å². The second-order valence-electron chi connectivity index (χ2n) is 5.61. The summed E-state index contributed by atoms with van der Waals surface area (Å²) < 4.78 is 1.23. The van der Waals surface area contributed by atoms with Crippen LogP contribution in [0.5, 0.6) is 0 Å². The summed E-state index contributed by atoms with van der Waals surface area (Å²) in [5.74, 6) is 0. The van der Waals surface area contributed by atoms with E-state index < -0.39 is 5.60 Å². The lowest BCUT2D eigenvalue weighted by atomic mass is 10.0. The number of pyridine rings is 1. The first-order valence-corrected chi connectivity index (χ1v) is 7.83. The van der Waals surface area contributed by atoms with Crippen LogP contribution in [-0.2, 0) is 0 Å². The van der Waals surface area contributed by atoms with Crippen molar-refractivity contribution in [3.8, 4) is 0 Å². The fourth-order valence-corrected chi connectivity index (χ4v) is 3.56. The third-order valence-corrected chi connectivity index (χ3v) is 4.95. The van der Waals surface area contributed by atoms with E-state index in [2.05, 4.69) is 28.7 Å². The van der Waals surface area contributed by atoms with E-state index >= 15 is 0 Å². The van der Waals surface area contributed by atoms with Crippen LogP contribution in [0.15, 0.2) is 23.7 Å². The minimum Gasteiger partial charge on any atom is -0.389 e. The Bertz CT molecular complexity index is 560. The lowest BCUT2D eigenvalue weighted by Gasteiger charge is -2.25. The van der Waals surface area contributed by atoms with Crippen LogP contribution < -0.4 is 5.32 Å². The van der Waals surface area contributed by atoms with Crippen molar-refractivity contribution in [2.24, 2.45) is 0 Å². The van der Waals surface area contributed by atoms with E-state index in [1.165, 1.54) is 10.3 Å². The summed E-state index contributed by atoms with van der Waals surface area (Å²) in [5.41, 5.74) is 1.77. The summed E-state index contributed by atoms with van der Waals surface area (Å²) in [6.45, 7) is 2.81. The predicted octanol–water partition coefficient (Wildman–Crippen LogP) is 3.25. The molecule has 0 radical (unpaired) electrons. The fraction of sp³-hybridized carbons (Fsp3) is 0.533. The van der Waals surface area contributed by atoms with Crippen molar-refractivity contribution in [3.63, 3.8) is 0 Å². The fourth-order valence-electron chi connectivity index (χ4n) is 2.77. The number of aliphatic hydroxyl groups is 1. The number of thiophene rings is 1. The summed E-state index contributed by atoms with van der Waals surface area (Å²) in [7, 11) is 0. The SMILES string of the molecule is CC(NCC1(O)CCCC1)c1cnc2ccsc2c1. The summed E-state index contributed by atoms with van der Waals surface area (Å²) in [6.07, 6.45) is 6.08. The molecule has 1 fully saturated rings. The molecule has 2 heterocycles. The van der Waals surface area contributed by atoms with Crippen molar-refractivity contribution in [1.29, 1.82) is 0 Å². The van der Waals surface area contributed by atoms with Crippen LogP contribution >= 0.6 is 11.3 Å². The van der Waals surface area contributed by atoms with E-state index in [1.54, 1.807) is 11.3 Å². The maximum absolute atomic E-state index is 10.3. The zero-order valence-electron chi connectivity index (χ0n) is 11.2. The first-order valence-electron chi connectivity index (χ1n) is 6.95. The Morgan fingerprint density at radius 3 is 3.05 bits per heavy atom. The molecular weight excluding hydrogens is 256 g/mol. The number of hydrogen-bond acceptors (Lipinski definition) is 4. The van der Waals surface area contributed by atoms with Gasteiger partial charge in [-0.25, -0.2) is 0 Å². The lowest BCUT2D eigenvalue weighted by Crippen LogP contribution is -2.39. The molecule has 0 amide bonds. The molecule has 1 aliphatic rings. The van der Waals surface area contributed by atoms with Gasteiger partial charge in [-0.3, -0.25) is 4.98 Å². The molecule has 3 rings (SSSR count). The molecule has 0 saturated heterocycles. The summed E-state index contributed by atoms with van der Waals surface area (Å²) in [6, 6.07) is 4.47. The molecule has 1 saturated carbocycles. The summed E-state index contributed by atoms with van der Waals surface area (Å²) in [5, 5.41) is 15.9. The zero-order valence-corrected chi connectivity index (χ0v) is 12.0. The van der Waals surface area contributed by atoms with Crippen LogP contribution in [0.25, 0.3) is 10.2 Å². The normalized spacial score (nSPS) is 19.9. The largest absolute Gasteiger partial charge is 0.389 e. The molecule has 1 aliphatic carbocycles. The summed E-state index contributed by atoms with van der Waals surface area (Å²) >= 11 is 1.72. The van der Waals surface area contributed by atoms with Gasteiger partial charge in [-0.05, 0) is 42.8 Å². The Morgan fingerprint density at radius 1 is 1.47 bits per heavy atom. The smallest absolute Gasteiger partial charge is 0.0809 e. The highest BCUT2D eigenvalue weighted by molar-refractivity contribution is 7.17. The standard InChI is InChI=1S/C15H20N2OS/c1-11(17-10-15(18)5-2-3-6-15)12-8-14-13(16-9-12)4-7-19-14/h4,7-9,11,17-18H,2-3,5-6,10H2,1H3. The zero-order chi connectivity index (χ0) is 13.3. The van der Waals surface area contributed by atoms with E-state index in [-0.39, 0.29) is 6.04 Å². The first-order chi connectivity index (χ1) is 9.16. The van der Waals surface area contributed by atoms with Crippen LogP contribution in [0, 0.1) is 0 Å². The van der Waals surface area contributed by atoms with E-state index in [9.17, 15) is 5.11 Å². The minimum atomic E-state index is -0.491. The van der Waals surface area contributed by atoms with Gasteiger partial charge in [0.25, 0.3) is 0 Å². The van der Waals surface area contributed by atoms with Crippen molar-refractivity contribution in [3.05, 3.63) is 29.3 Å². The molecule has 2 aromatic rings. The van der Waals surface area contributed by atoms with Crippen LogP contribution in [0.4, 0.5) is 0 Å². The molecule has 19 heavy (non-hydrogen) atoms. The second kappa shape index (κ2) is 5.19. The molecule has 102 valence electrons. The van der Waals surface area contributed by atoms with Crippen LogP contribution in [0.2, 0.25) is 0 Å². The average molecular weight is 276 g/mol. The molecule has 0 aromatic carbocycles. The van der Waals surface area contributed by atoms with Gasteiger partial charge in [0, 0.05) is 18.8 Å². The van der Waals surface area contributed by atoms with Crippen LogP contribution in [0.3, 0.4) is 0 Å². The molecular formula is C15H20N2OS. The molecule has 2 N–H and O–H groups in total. The molecule has 1 unspecified atom stereocenters. The topological polar surface area (TPSA) is 45.1 Å². The number of aromatic nitrogens is 1. The third kappa shape index (κ3) is 2.81. The quantitative estimate of drug-likeness (QED) is 0.901. The van der Waals surface area contributed by atoms with Gasteiger partial charge in [0.1, 0.15) is 0 Å². The van der Waals surface area contributed by atoms with Gasteiger partial charge in [-0.15, -0.1) is 11.3 Å². The first kappa shape index (κ1) is 13.0. The molecule has 0 aliphatic heterocycles. The Balaban J connectivity index is 1.67. The average Bonchev–Trinajstić information content (AvgIpc) is 3.04. The predicted molar refractivity (Wildman–Crippen MR) is 79.5 cm³/mol. The number of fused-ring (bicyclic) bond motifs is 1. The van der Waals surface area contributed by atoms with Crippen molar-refractivity contribution < 1.29 is 5.11 Å². The Morgan fingerprint density at radius 2 is 2.26 bits per heavy atom. The Hall–Kier alpha value is -0.970. The van der Waals surface area contributed by atoms with Crippen molar-refractivity contribution in [1.82, 2.24) is 10.3 Å². The molecule has 2 aromatic heterocycles. The van der Waals surface area contributed by atoms with Crippen molar-refractivity contribution in [2.75, 3.05) is 6.54 Å². The van der Waals surface area contributed by atoms with Crippen molar-refractivity contribution >= 4 is 21.6 Å². The number of rotatable bonds is 4. The van der Waals surface area contributed by atoms with Gasteiger partial charge in [0.2, 0.25) is 0 Å². The van der Waals surface area contributed by atoms with Gasteiger partial charge >= 0.3 is 0 Å². The molecule has 1 atom stereocenters. The van der Waals surface area contributed by atoms with Crippen LogP contribution in [0.1, 0.15) is 44.2 Å². The molecule has 0 spiro atoms. The van der Waals surface area contributed by atoms with E-state index in [4.69, 9.17) is 0 Å². The maximum Gasteiger partial charge on any atom is 0.0809 e. The maximum atomic E-state index is 10.3. The van der Waals surface area contributed by atoms with Gasteiger partial charge in [0.15, 0.2) is 0 Å². The highest BCUT2D eigenvalue weighted by Crippen LogP contribution is 2.29. The number of nitrogens with zero attached hydrogens (tertiary/aromatic N) is 1. The lowest BCUT2D eigenvalue weighted by molar-refractivity contribution is 0.0453. The van der Waals surface area contributed by atoms with Gasteiger partial charge in [0.05, 0.1) is 15.8 Å². The molecule has 3 nitrogen and oxygen atoms in total. The molecule has 0 bridgehead atoms. The highest BCUT2D eigenvalue weighted by atomic mass is 32.1. The molecule has 4 heteroatoms. The monoisotopic (exact) mass is 276 g/mol.